The zero-order valence-corrected chi connectivity index (χ0v) is 13.0. The minimum absolute atomic E-state index is 0.00102. The molecule has 1 saturated carbocycles. The molecule has 116 valence electrons. The normalized spacial score (nSPS) is 23.2. The Bertz CT molecular complexity index is 516. The van der Waals surface area contributed by atoms with E-state index in [0.717, 1.165) is 18.7 Å². The Morgan fingerprint density at radius 1 is 1.43 bits per heavy atom. The van der Waals surface area contributed by atoms with Gasteiger partial charge in [-0.1, -0.05) is 0 Å². The number of amides is 1. The highest BCUT2D eigenvalue weighted by molar-refractivity contribution is 5.69. The van der Waals surface area contributed by atoms with Gasteiger partial charge in [0.15, 0.2) is 0 Å². The molecule has 1 unspecified atom stereocenters. The molecule has 3 rings (SSSR count). The molecule has 0 radical (unpaired) electrons. The van der Waals surface area contributed by atoms with Crippen LogP contribution in [0.25, 0.3) is 0 Å². The lowest BCUT2D eigenvalue weighted by Crippen LogP contribution is -2.50. The largest absolute Gasteiger partial charge is 0.444 e. The molecule has 1 aliphatic carbocycles. The van der Waals surface area contributed by atoms with Crippen molar-refractivity contribution in [3.8, 4) is 0 Å². The third kappa shape index (κ3) is 3.37. The number of hydrogen-bond donors (Lipinski definition) is 1. The van der Waals surface area contributed by atoms with Gasteiger partial charge in [-0.25, -0.2) is 4.79 Å². The van der Waals surface area contributed by atoms with Crippen LogP contribution in [0, 0.1) is 0 Å². The first-order valence-electron chi connectivity index (χ1n) is 7.68. The van der Waals surface area contributed by atoms with Crippen molar-refractivity contribution in [3.05, 3.63) is 18.0 Å². The first kappa shape index (κ1) is 14.4. The average Bonchev–Trinajstić information content (AvgIpc) is 3.15. The van der Waals surface area contributed by atoms with Gasteiger partial charge < -0.3 is 10.1 Å². The molecule has 1 aromatic heterocycles. The number of aromatic nitrogens is 2. The molecule has 1 amide bonds. The Hall–Kier alpha value is -1.56. The van der Waals surface area contributed by atoms with E-state index in [2.05, 4.69) is 16.6 Å². The van der Waals surface area contributed by atoms with Gasteiger partial charge in [0.1, 0.15) is 5.60 Å². The lowest BCUT2D eigenvalue weighted by atomic mass is 10.1. The van der Waals surface area contributed by atoms with E-state index in [0.29, 0.717) is 12.6 Å². The Balaban J connectivity index is 1.75. The molecule has 6 nitrogen and oxygen atoms in total. The topological polar surface area (TPSA) is 59.4 Å². The summed E-state index contributed by atoms with van der Waals surface area (Å²) in [5, 5.41) is 7.78. The summed E-state index contributed by atoms with van der Waals surface area (Å²) in [6.45, 7) is 7.89. The summed E-state index contributed by atoms with van der Waals surface area (Å²) in [6, 6.07) is 0.561. The molecule has 1 atom stereocenters. The summed E-state index contributed by atoms with van der Waals surface area (Å²) in [5.74, 6) is 0. The quantitative estimate of drug-likeness (QED) is 0.907. The predicted octanol–water partition coefficient (Wildman–Crippen LogP) is 2.10. The van der Waals surface area contributed by atoms with Crippen molar-refractivity contribution in [1.29, 1.82) is 0 Å². The monoisotopic (exact) mass is 292 g/mol. The van der Waals surface area contributed by atoms with Gasteiger partial charge in [-0.05, 0) is 33.6 Å². The minimum Gasteiger partial charge on any atom is -0.444 e. The van der Waals surface area contributed by atoms with E-state index < -0.39 is 5.60 Å². The van der Waals surface area contributed by atoms with E-state index >= 15 is 0 Å². The molecule has 1 N–H and O–H groups in total. The lowest BCUT2D eigenvalue weighted by molar-refractivity contribution is 0.0118. The van der Waals surface area contributed by atoms with Crippen LogP contribution in [0.1, 0.15) is 51.3 Å². The van der Waals surface area contributed by atoms with Gasteiger partial charge >= 0.3 is 6.09 Å². The molecule has 6 heteroatoms. The summed E-state index contributed by atoms with van der Waals surface area (Å²) in [5.41, 5.74) is 0.616. The Labute approximate surface area is 125 Å². The number of rotatable bonds is 2. The van der Waals surface area contributed by atoms with Gasteiger partial charge in [0.25, 0.3) is 0 Å². The van der Waals surface area contributed by atoms with Crippen molar-refractivity contribution < 1.29 is 9.53 Å². The van der Waals surface area contributed by atoms with Crippen LogP contribution in [0.15, 0.2) is 12.4 Å². The van der Waals surface area contributed by atoms with Crippen molar-refractivity contribution in [1.82, 2.24) is 20.0 Å². The van der Waals surface area contributed by atoms with Crippen molar-refractivity contribution in [3.63, 3.8) is 0 Å². The van der Waals surface area contributed by atoms with Gasteiger partial charge in [-0.3, -0.25) is 9.58 Å². The van der Waals surface area contributed by atoms with Crippen LogP contribution in [-0.4, -0.2) is 46.0 Å². The van der Waals surface area contributed by atoms with E-state index in [1.165, 1.54) is 12.8 Å². The van der Waals surface area contributed by atoms with Crippen molar-refractivity contribution >= 4 is 6.09 Å². The van der Waals surface area contributed by atoms with E-state index in [-0.39, 0.29) is 12.1 Å². The van der Waals surface area contributed by atoms with Gasteiger partial charge in [0.2, 0.25) is 0 Å². The highest BCUT2D eigenvalue weighted by atomic mass is 16.6. The lowest BCUT2D eigenvalue weighted by Gasteiger charge is -2.36. The van der Waals surface area contributed by atoms with Crippen LogP contribution in [0.2, 0.25) is 0 Å². The summed E-state index contributed by atoms with van der Waals surface area (Å²) in [6.07, 6.45) is 6.13. The summed E-state index contributed by atoms with van der Waals surface area (Å²) in [7, 11) is 0. The number of carbonyl (C=O) groups is 1. The van der Waals surface area contributed by atoms with Crippen LogP contribution >= 0.6 is 0 Å². The fourth-order valence-electron chi connectivity index (χ4n) is 2.60. The second-order valence-electron chi connectivity index (χ2n) is 6.88. The highest BCUT2D eigenvalue weighted by Gasteiger charge is 2.33. The molecule has 2 aliphatic rings. The SMILES string of the molecule is CC(C)(C)OC(=O)N1CCNCC1c1cnn(C2CC2)c1. The minimum atomic E-state index is -0.468. The van der Waals surface area contributed by atoms with Crippen LogP contribution in [-0.2, 0) is 4.74 Å². The van der Waals surface area contributed by atoms with Gasteiger partial charge in [-0.2, -0.15) is 5.10 Å². The fraction of sp³-hybridized carbons (Fsp3) is 0.733. The van der Waals surface area contributed by atoms with Crippen molar-refractivity contribution in [2.75, 3.05) is 19.6 Å². The molecule has 21 heavy (non-hydrogen) atoms. The number of nitrogens with zero attached hydrogens (tertiary/aromatic N) is 3. The zero-order chi connectivity index (χ0) is 15.0. The molecular formula is C15H24N4O2. The maximum absolute atomic E-state index is 12.4. The summed E-state index contributed by atoms with van der Waals surface area (Å²) < 4.78 is 7.55. The fourth-order valence-corrected chi connectivity index (χ4v) is 2.60. The molecule has 1 aromatic rings. The van der Waals surface area contributed by atoms with Crippen LogP contribution in [0.4, 0.5) is 4.79 Å². The third-order valence-electron chi connectivity index (χ3n) is 3.80. The molecule has 2 fully saturated rings. The highest BCUT2D eigenvalue weighted by Crippen LogP contribution is 2.35. The molecule has 2 heterocycles. The molecule has 0 bridgehead atoms. The van der Waals surface area contributed by atoms with Gasteiger partial charge in [-0.15, -0.1) is 0 Å². The van der Waals surface area contributed by atoms with E-state index in [4.69, 9.17) is 4.74 Å². The van der Waals surface area contributed by atoms with Crippen LogP contribution in [0.5, 0.6) is 0 Å². The Morgan fingerprint density at radius 3 is 2.86 bits per heavy atom. The first-order valence-corrected chi connectivity index (χ1v) is 7.68. The smallest absolute Gasteiger partial charge is 0.410 e. The van der Waals surface area contributed by atoms with E-state index in [9.17, 15) is 4.79 Å². The summed E-state index contributed by atoms with van der Waals surface area (Å²) >= 11 is 0. The molecule has 1 aliphatic heterocycles. The number of hydrogen-bond acceptors (Lipinski definition) is 4. The van der Waals surface area contributed by atoms with Gasteiger partial charge in [0.05, 0.1) is 18.3 Å². The zero-order valence-electron chi connectivity index (χ0n) is 13.0. The molecular weight excluding hydrogens is 268 g/mol. The second-order valence-corrected chi connectivity index (χ2v) is 6.88. The third-order valence-corrected chi connectivity index (χ3v) is 3.80. The number of piperazine rings is 1. The second kappa shape index (κ2) is 5.33. The van der Waals surface area contributed by atoms with E-state index in [1.54, 1.807) is 0 Å². The first-order chi connectivity index (χ1) is 9.94. The molecule has 0 spiro atoms. The average molecular weight is 292 g/mol. The molecule has 0 aromatic carbocycles. The number of ether oxygens (including phenoxy) is 1. The predicted molar refractivity (Wildman–Crippen MR) is 79.0 cm³/mol. The Morgan fingerprint density at radius 2 is 2.19 bits per heavy atom. The summed E-state index contributed by atoms with van der Waals surface area (Å²) in [4.78, 5) is 14.2. The van der Waals surface area contributed by atoms with Gasteiger partial charge in [0, 0.05) is 31.4 Å². The standard InChI is InChI=1S/C15H24N4O2/c1-15(2,3)21-14(20)18-7-6-16-9-13(18)11-8-17-19(10-11)12-4-5-12/h8,10,12-13,16H,4-7,9H2,1-3H3. The van der Waals surface area contributed by atoms with Crippen molar-refractivity contribution in [2.45, 2.75) is 51.3 Å². The van der Waals surface area contributed by atoms with Crippen LogP contribution < -0.4 is 5.32 Å². The van der Waals surface area contributed by atoms with Crippen molar-refractivity contribution in [2.24, 2.45) is 0 Å². The number of nitrogens with one attached hydrogen (secondary N) is 1. The maximum Gasteiger partial charge on any atom is 0.410 e. The molecule has 1 saturated heterocycles. The number of carbonyl (C=O) groups excluding carboxylic acids is 1. The van der Waals surface area contributed by atoms with Crippen LogP contribution in [0.3, 0.4) is 0 Å². The van der Waals surface area contributed by atoms with E-state index in [1.807, 2.05) is 36.5 Å². The Kier molecular flexibility index (Phi) is 3.65. The maximum atomic E-state index is 12.4.